The van der Waals surface area contributed by atoms with E-state index in [1.165, 1.54) is 0 Å². The van der Waals surface area contributed by atoms with Crippen molar-refractivity contribution in [3.8, 4) is 11.5 Å². The second-order valence-corrected chi connectivity index (χ2v) is 5.17. The van der Waals surface area contributed by atoms with Crippen LogP contribution in [0.2, 0.25) is 10.0 Å². The summed E-state index contributed by atoms with van der Waals surface area (Å²) in [5.74, 6) is 1.44. The lowest BCUT2D eigenvalue weighted by atomic mass is 10.2. The van der Waals surface area contributed by atoms with Crippen molar-refractivity contribution >= 4 is 28.9 Å². The maximum absolute atomic E-state index is 6.21. The fourth-order valence-electron chi connectivity index (χ4n) is 1.98. The predicted octanol–water partition coefficient (Wildman–Crippen LogP) is 5.01. The molecule has 0 spiro atoms. The number of halogens is 2. The molecule has 0 saturated carbocycles. The van der Waals surface area contributed by atoms with E-state index in [-0.39, 0.29) is 0 Å². The van der Waals surface area contributed by atoms with Crippen molar-refractivity contribution in [3.05, 3.63) is 52.0 Å². The fraction of sp³-hybridized carbons (Fsp3) is 0.250. The van der Waals surface area contributed by atoms with Gasteiger partial charge in [0.25, 0.3) is 0 Å². The topological polar surface area (TPSA) is 30.5 Å². The molecule has 3 nitrogen and oxygen atoms in total. The molecule has 0 aliphatic rings. The number of methoxy groups -OCH3 is 1. The molecule has 0 bridgehead atoms. The quantitative estimate of drug-likeness (QED) is 0.809. The molecule has 0 fully saturated rings. The van der Waals surface area contributed by atoms with Gasteiger partial charge in [0, 0.05) is 22.8 Å². The Kier molecular flexibility index (Phi) is 5.59. The number of anilines is 1. The minimum Gasteiger partial charge on any atom is -0.496 e. The van der Waals surface area contributed by atoms with Gasteiger partial charge in [0.2, 0.25) is 0 Å². The Morgan fingerprint density at radius 2 is 1.86 bits per heavy atom. The summed E-state index contributed by atoms with van der Waals surface area (Å²) in [5.41, 5.74) is 1.80. The Morgan fingerprint density at radius 1 is 1.05 bits per heavy atom. The second kappa shape index (κ2) is 7.43. The van der Waals surface area contributed by atoms with E-state index in [9.17, 15) is 0 Å². The Labute approximate surface area is 134 Å². The highest BCUT2D eigenvalue weighted by molar-refractivity contribution is 6.32. The summed E-state index contributed by atoms with van der Waals surface area (Å²) in [6.45, 7) is 3.06. The molecule has 0 aliphatic carbocycles. The molecule has 0 aromatic heterocycles. The molecule has 2 rings (SSSR count). The van der Waals surface area contributed by atoms with E-state index < -0.39 is 0 Å². The standard InChI is InChI=1S/C16H17Cl2NO2/c1-3-21-16-8-7-11(9-14(16)18)19-10-12-13(17)5-4-6-15(12)20-2/h4-9,19H,3,10H2,1-2H3. The van der Waals surface area contributed by atoms with E-state index in [1.54, 1.807) is 7.11 Å². The largest absolute Gasteiger partial charge is 0.496 e. The van der Waals surface area contributed by atoms with Gasteiger partial charge in [0.15, 0.2) is 0 Å². The van der Waals surface area contributed by atoms with E-state index in [4.69, 9.17) is 32.7 Å². The van der Waals surface area contributed by atoms with E-state index in [0.717, 1.165) is 17.0 Å². The van der Waals surface area contributed by atoms with Crippen LogP contribution in [0, 0.1) is 0 Å². The maximum atomic E-state index is 6.21. The number of hydrogen-bond donors (Lipinski definition) is 1. The van der Waals surface area contributed by atoms with Crippen molar-refractivity contribution in [3.63, 3.8) is 0 Å². The van der Waals surface area contributed by atoms with Crippen LogP contribution < -0.4 is 14.8 Å². The summed E-state index contributed by atoms with van der Waals surface area (Å²) in [5, 5.41) is 4.52. The first-order chi connectivity index (χ1) is 10.2. The summed E-state index contributed by atoms with van der Waals surface area (Å²) in [7, 11) is 1.63. The Morgan fingerprint density at radius 3 is 2.52 bits per heavy atom. The number of rotatable bonds is 6. The number of ether oxygens (including phenoxy) is 2. The van der Waals surface area contributed by atoms with Crippen LogP contribution in [0.1, 0.15) is 12.5 Å². The van der Waals surface area contributed by atoms with Crippen LogP contribution in [0.5, 0.6) is 11.5 Å². The van der Waals surface area contributed by atoms with Crippen molar-refractivity contribution in [2.75, 3.05) is 19.0 Å². The Hall–Kier alpha value is -1.58. The third-order valence-electron chi connectivity index (χ3n) is 3.00. The van der Waals surface area contributed by atoms with Gasteiger partial charge in [-0.1, -0.05) is 29.3 Å². The molecule has 112 valence electrons. The summed E-state index contributed by atoms with van der Waals surface area (Å²) in [6, 6.07) is 11.2. The van der Waals surface area contributed by atoms with Crippen molar-refractivity contribution in [2.24, 2.45) is 0 Å². The first kappa shape index (κ1) is 15.8. The highest BCUT2D eigenvalue weighted by Crippen LogP contribution is 2.30. The second-order valence-electron chi connectivity index (χ2n) is 4.35. The van der Waals surface area contributed by atoms with Gasteiger partial charge >= 0.3 is 0 Å². The molecular formula is C16H17Cl2NO2. The highest BCUT2D eigenvalue weighted by Gasteiger charge is 2.08. The molecular weight excluding hydrogens is 309 g/mol. The molecule has 0 atom stereocenters. The maximum Gasteiger partial charge on any atom is 0.138 e. The van der Waals surface area contributed by atoms with Gasteiger partial charge in [-0.05, 0) is 37.3 Å². The van der Waals surface area contributed by atoms with Gasteiger partial charge in [-0.2, -0.15) is 0 Å². The fourth-order valence-corrected chi connectivity index (χ4v) is 2.44. The predicted molar refractivity (Wildman–Crippen MR) is 88.0 cm³/mol. The van der Waals surface area contributed by atoms with Gasteiger partial charge in [0.1, 0.15) is 11.5 Å². The molecule has 0 aliphatic heterocycles. The van der Waals surface area contributed by atoms with Crippen LogP contribution in [0.3, 0.4) is 0 Å². The Balaban J connectivity index is 2.12. The van der Waals surface area contributed by atoms with Crippen molar-refractivity contribution in [1.82, 2.24) is 0 Å². The smallest absolute Gasteiger partial charge is 0.138 e. The molecule has 0 radical (unpaired) electrons. The van der Waals surface area contributed by atoms with Crippen LogP contribution in [-0.2, 0) is 6.54 Å². The molecule has 2 aromatic rings. The van der Waals surface area contributed by atoms with Crippen LogP contribution in [0.4, 0.5) is 5.69 Å². The van der Waals surface area contributed by atoms with E-state index >= 15 is 0 Å². The van der Waals surface area contributed by atoms with Gasteiger partial charge in [-0.3, -0.25) is 0 Å². The molecule has 2 aromatic carbocycles. The lowest BCUT2D eigenvalue weighted by Gasteiger charge is -2.13. The number of nitrogens with one attached hydrogen (secondary N) is 1. The number of hydrogen-bond acceptors (Lipinski definition) is 3. The third-order valence-corrected chi connectivity index (χ3v) is 3.65. The van der Waals surface area contributed by atoms with Crippen LogP contribution in [-0.4, -0.2) is 13.7 Å². The summed E-state index contributed by atoms with van der Waals surface area (Å²) < 4.78 is 10.7. The van der Waals surface area contributed by atoms with E-state index in [0.29, 0.717) is 28.9 Å². The minimum absolute atomic E-state index is 0.549. The van der Waals surface area contributed by atoms with Gasteiger partial charge in [-0.15, -0.1) is 0 Å². The SMILES string of the molecule is CCOc1ccc(NCc2c(Cl)cccc2OC)cc1Cl. The van der Waals surface area contributed by atoms with Crippen molar-refractivity contribution in [2.45, 2.75) is 13.5 Å². The molecule has 0 saturated heterocycles. The Bertz CT molecular complexity index is 617. The van der Waals surface area contributed by atoms with E-state index in [1.807, 2.05) is 43.3 Å². The van der Waals surface area contributed by atoms with Crippen LogP contribution >= 0.6 is 23.2 Å². The average molecular weight is 326 g/mol. The molecule has 5 heteroatoms. The summed E-state index contributed by atoms with van der Waals surface area (Å²) in [6.07, 6.45) is 0. The molecule has 21 heavy (non-hydrogen) atoms. The van der Waals surface area contributed by atoms with Crippen LogP contribution in [0.25, 0.3) is 0 Å². The summed E-state index contributed by atoms with van der Waals surface area (Å²) in [4.78, 5) is 0. The van der Waals surface area contributed by atoms with Crippen molar-refractivity contribution in [1.29, 1.82) is 0 Å². The van der Waals surface area contributed by atoms with Crippen LogP contribution in [0.15, 0.2) is 36.4 Å². The normalized spacial score (nSPS) is 10.3. The van der Waals surface area contributed by atoms with Gasteiger partial charge < -0.3 is 14.8 Å². The first-order valence-corrected chi connectivity index (χ1v) is 7.39. The monoisotopic (exact) mass is 325 g/mol. The highest BCUT2D eigenvalue weighted by atomic mass is 35.5. The lowest BCUT2D eigenvalue weighted by molar-refractivity contribution is 0.340. The van der Waals surface area contributed by atoms with Crippen molar-refractivity contribution < 1.29 is 9.47 Å². The average Bonchev–Trinajstić information content (AvgIpc) is 2.48. The zero-order chi connectivity index (χ0) is 15.2. The molecule has 0 heterocycles. The molecule has 1 N–H and O–H groups in total. The molecule has 0 amide bonds. The third kappa shape index (κ3) is 3.96. The summed E-state index contributed by atoms with van der Waals surface area (Å²) >= 11 is 12.4. The van der Waals surface area contributed by atoms with Gasteiger partial charge in [-0.25, -0.2) is 0 Å². The zero-order valence-corrected chi connectivity index (χ0v) is 13.5. The molecule has 0 unspecified atom stereocenters. The zero-order valence-electron chi connectivity index (χ0n) is 12.0. The van der Waals surface area contributed by atoms with Gasteiger partial charge in [0.05, 0.1) is 18.7 Å². The van der Waals surface area contributed by atoms with E-state index in [2.05, 4.69) is 5.32 Å². The first-order valence-electron chi connectivity index (χ1n) is 6.63. The lowest BCUT2D eigenvalue weighted by Crippen LogP contribution is -2.03. The minimum atomic E-state index is 0.549. The number of benzene rings is 2.